The molecule has 2 aromatic heterocycles. The highest BCUT2D eigenvalue weighted by atomic mass is 35.5. The van der Waals surface area contributed by atoms with Crippen LogP contribution in [0.25, 0.3) is 22.0 Å². The van der Waals surface area contributed by atoms with Gasteiger partial charge in [-0.3, -0.25) is 4.79 Å². The molecule has 0 radical (unpaired) electrons. The Hall–Kier alpha value is -1.81. The van der Waals surface area contributed by atoms with E-state index in [1.807, 2.05) is 11.5 Å². The average molecular weight is 266 g/mol. The first-order valence-electron chi connectivity index (χ1n) is 5.53. The molecule has 3 nitrogen and oxygen atoms in total. The zero-order valence-corrected chi connectivity index (χ0v) is 10.3. The van der Waals surface area contributed by atoms with Crippen LogP contribution in [0.4, 0.5) is 4.39 Å². The lowest BCUT2D eigenvalue weighted by molar-refractivity contribution is 0.105. The molecule has 0 aliphatic heterocycles. The molecule has 0 bridgehead atoms. The van der Waals surface area contributed by atoms with Crippen LogP contribution in [-0.4, -0.2) is 9.81 Å². The van der Waals surface area contributed by atoms with Crippen molar-refractivity contribution in [3.63, 3.8) is 0 Å². The van der Waals surface area contributed by atoms with Crippen molar-refractivity contribution in [3.05, 3.63) is 35.8 Å². The van der Waals surface area contributed by atoms with E-state index >= 15 is 0 Å². The van der Waals surface area contributed by atoms with E-state index in [1.165, 1.54) is 12.1 Å². The Labute approximate surface area is 107 Å². The fourth-order valence-corrected chi connectivity index (χ4v) is 2.36. The molecule has 5 heteroatoms. The third kappa shape index (κ3) is 1.46. The molecule has 1 aromatic carbocycles. The van der Waals surface area contributed by atoms with Crippen LogP contribution in [0.15, 0.2) is 28.7 Å². The minimum atomic E-state index is -0.635. The molecule has 92 valence electrons. The van der Waals surface area contributed by atoms with E-state index in [1.54, 1.807) is 12.1 Å². The molecule has 0 amide bonds. The lowest BCUT2D eigenvalue weighted by atomic mass is 10.2. The van der Waals surface area contributed by atoms with Crippen molar-refractivity contribution in [3.8, 4) is 0 Å². The van der Waals surface area contributed by atoms with Crippen LogP contribution in [0.3, 0.4) is 0 Å². The molecule has 2 heterocycles. The summed E-state index contributed by atoms with van der Waals surface area (Å²) in [6.45, 7) is 2.60. The highest BCUT2D eigenvalue weighted by molar-refractivity contribution is 6.67. The minimum Gasteiger partial charge on any atom is -0.449 e. The van der Waals surface area contributed by atoms with Gasteiger partial charge in [-0.05, 0) is 36.7 Å². The molecule has 0 fully saturated rings. The second-order valence-corrected chi connectivity index (χ2v) is 4.35. The number of aromatic nitrogens is 1. The van der Waals surface area contributed by atoms with Gasteiger partial charge >= 0.3 is 0 Å². The molecule has 3 aromatic rings. The lowest BCUT2D eigenvalue weighted by Crippen LogP contribution is -1.93. The summed E-state index contributed by atoms with van der Waals surface area (Å²) in [5, 5.41) is 0.140. The Balaban J connectivity index is 2.46. The van der Waals surface area contributed by atoms with Crippen LogP contribution in [-0.2, 0) is 6.54 Å². The Morgan fingerprint density at radius 1 is 1.39 bits per heavy atom. The number of furan rings is 1. The molecule has 0 aliphatic carbocycles. The zero-order valence-electron chi connectivity index (χ0n) is 9.54. The van der Waals surface area contributed by atoms with Crippen LogP contribution in [0.2, 0.25) is 0 Å². The number of benzene rings is 1. The van der Waals surface area contributed by atoms with Gasteiger partial charge in [-0.25, -0.2) is 4.39 Å². The Morgan fingerprint density at radius 3 is 2.83 bits per heavy atom. The monoisotopic (exact) mass is 265 g/mol. The summed E-state index contributed by atoms with van der Waals surface area (Å²) in [4.78, 5) is 11.1. The molecule has 0 aliphatic rings. The molecule has 3 rings (SSSR count). The van der Waals surface area contributed by atoms with E-state index in [4.69, 9.17) is 16.0 Å². The summed E-state index contributed by atoms with van der Waals surface area (Å²) in [6, 6.07) is 6.06. The maximum atomic E-state index is 13.3. The predicted molar refractivity (Wildman–Crippen MR) is 67.5 cm³/mol. The average Bonchev–Trinajstić information content (AvgIpc) is 2.85. The third-order valence-corrected chi connectivity index (χ3v) is 3.19. The van der Waals surface area contributed by atoms with E-state index in [0.29, 0.717) is 12.1 Å². The van der Waals surface area contributed by atoms with E-state index in [0.717, 1.165) is 16.4 Å². The number of nitrogens with zero attached hydrogens (tertiary/aromatic N) is 1. The second kappa shape index (κ2) is 3.85. The van der Waals surface area contributed by atoms with Gasteiger partial charge in [-0.2, -0.15) is 0 Å². The first kappa shape index (κ1) is 11.3. The predicted octanol–water partition coefficient (Wildman–Crippen LogP) is 3.93. The Bertz CT molecular complexity index is 772. The first-order valence-corrected chi connectivity index (χ1v) is 5.90. The van der Waals surface area contributed by atoms with Crippen molar-refractivity contribution in [2.24, 2.45) is 0 Å². The molecule has 18 heavy (non-hydrogen) atoms. The Kier molecular flexibility index (Phi) is 2.41. The number of halogens is 2. The van der Waals surface area contributed by atoms with Gasteiger partial charge in [-0.15, -0.1) is 0 Å². The van der Waals surface area contributed by atoms with Crippen molar-refractivity contribution in [2.75, 3.05) is 0 Å². The summed E-state index contributed by atoms with van der Waals surface area (Å²) < 4.78 is 20.6. The molecule has 0 spiro atoms. The summed E-state index contributed by atoms with van der Waals surface area (Å²) >= 11 is 5.40. The van der Waals surface area contributed by atoms with Gasteiger partial charge in [-0.1, -0.05) is 0 Å². The molecule has 0 N–H and O–H groups in total. The number of fused-ring (bicyclic) bond motifs is 3. The third-order valence-electron chi connectivity index (χ3n) is 3.01. The SMILES string of the molecule is CCn1c2cc(F)ccc2c2oc(C(=O)Cl)cc21. The molecule has 0 unspecified atom stereocenters. The molecule has 0 saturated carbocycles. The second-order valence-electron chi connectivity index (χ2n) is 4.00. The summed E-state index contributed by atoms with van der Waals surface area (Å²) in [5.41, 5.74) is 2.07. The number of hydrogen-bond acceptors (Lipinski definition) is 2. The fraction of sp³-hybridized carbons (Fsp3) is 0.154. The van der Waals surface area contributed by atoms with Crippen LogP contribution < -0.4 is 0 Å². The minimum absolute atomic E-state index is 0.107. The van der Waals surface area contributed by atoms with Crippen molar-refractivity contribution >= 4 is 38.8 Å². The fourth-order valence-electron chi connectivity index (χ4n) is 2.26. The smallest absolute Gasteiger partial charge is 0.287 e. The highest BCUT2D eigenvalue weighted by Gasteiger charge is 2.17. The summed E-state index contributed by atoms with van der Waals surface area (Å²) in [7, 11) is 0. The van der Waals surface area contributed by atoms with Gasteiger partial charge in [0.25, 0.3) is 5.24 Å². The normalized spacial score (nSPS) is 11.5. The number of carbonyl (C=O) groups excluding carboxylic acids is 1. The molecule has 0 saturated heterocycles. The maximum Gasteiger partial charge on any atom is 0.287 e. The van der Waals surface area contributed by atoms with Crippen LogP contribution in [0.1, 0.15) is 17.5 Å². The highest BCUT2D eigenvalue weighted by Crippen LogP contribution is 2.32. The lowest BCUT2D eigenvalue weighted by Gasteiger charge is -2.01. The first-order chi connectivity index (χ1) is 8.61. The summed E-state index contributed by atoms with van der Waals surface area (Å²) in [6.07, 6.45) is 0. The van der Waals surface area contributed by atoms with Crippen molar-refractivity contribution in [2.45, 2.75) is 13.5 Å². The van der Waals surface area contributed by atoms with Crippen molar-refractivity contribution in [1.82, 2.24) is 4.57 Å². The standard InChI is InChI=1S/C13H9ClFNO2/c1-2-16-9-5-7(15)3-4-8(9)12-10(16)6-11(18-12)13(14)17/h3-6H,2H2,1H3. The van der Waals surface area contributed by atoms with E-state index in [2.05, 4.69) is 0 Å². The van der Waals surface area contributed by atoms with E-state index in [9.17, 15) is 9.18 Å². The quantitative estimate of drug-likeness (QED) is 0.658. The number of hydrogen-bond donors (Lipinski definition) is 0. The number of rotatable bonds is 2. The molecular weight excluding hydrogens is 257 g/mol. The number of aryl methyl sites for hydroxylation is 1. The van der Waals surface area contributed by atoms with E-state index in [-0.39, 0.29) is 11.6 Å². The van der Waals surface area contributed by atoms with Crippen molar-refractivity contribution < 1.29 is 13.6 Å². The topological polar surface area (TPSA) is 35.1 Å². The molecule has 0 atom stereocenters. The van der Waals surface area contributed by atoms with Crippen LogP contribution >= 0.6 is 11.6 Å². The van der Waals surface area contributed by atoms with Crippen molar-refractivity contribution in [1.29, 1.82) is 0 Å². The van der Waals surface area contributed by atoms with Gasteiger partial charge in [0.2, 0.25) is 0 Å². The van der Waals surface area contributed by atoms with Crippen LogP contribution in [0.5, 0.6) is 0 Å². The zero-order chi connectivity index (χ0) is 12.9. The largest absolute Gasteiger partial charge is 0.449 e. The maximum absolute atomic E-state index is 13.3. The Morgan fingerprint density at radius 2 is 2.17 bits per heavy atom. The van der Waals surface area contributed by atoms with Crippen LogP contribution in [0, 0.1) is 5.82 Å². The van der Waals surface area contributed by atoms with Gasteiger partial charge in [0, 0.05) is 18.0 Å². The summed E-state index contributed by atoms with van der Waals surface area (Å²) in [5.74, 6) is -0.193. The number of carbonyl (C=O) groups is 1. The van der Waals surface area contributed by atoms with Gasteiger partial charge in [0.1, 0.15) is 5.82 Å². The van der Waals surface area contributed by atoms with Gasteiger partial charge in [0.15, 0.2) is 11.3 Å². The molecular formula is C13H9ClFNO2. The van der Waals surface area contributed by atoms with Gasteiger partial charge in [0.05, 0.1) is 11.0 Å². The van der Waals surface area contributed by atoms with Gasteiger partial charge < -0.3 is 8.98 Å². The van der Waals surface area contributed by atoms with E-state index < -0.39 is 5.24 Å².